The predicted octanol–water partition coefficient (Wildman–Crippen LogP) is 12.4. The first kappa shape index (κ1) is 33.2. The van der Waals surface area contributed by atoms with Gasteiger partial charge in [0, 0.05) is 80.2 Å². The van der Waals surface area contributed by atoms with E-state index in [0.717, 1.165) is 89.4 Å². The third kappa shape index (κ3) is 6.05. The van der Waals surface area contributed by atoms with Crippen LogP contribution in [0.4, 0.5) is 0 Å². The molecule has 6 nitrogen and oxygen atoms in total. The third-order valence-electron chi connectivity index (χ3n) is 10.4. The molecule has 0 saturated heterocycles. The van der Waals surface area contributed by atoms with Crippen molar-refractivity contribution in [2.24, 2.45) is 0 Å². The fourth-order valence-corrected chi connectivity index (χ4v) is 7.51. The molecule has 5 aromatic heterocycles. The molecule has 0 amide bonds. The lowest BCUT2D eigenvalue weighted by molar-refractivity contribution is 0.867. The number of hydrogen-bond donors (Lipinski definition) is 2. The Bertz CT molecular complexity index is 2550. The molecule has 0 atom stereocenters. The highest BCUT2D eigenvalue weighted by Gasteiger charge is 2.19. The highest BCUT2D eigenvalue weighted by atomic mass is 14.8. The fraction of sp³-hybridized carbons (Fsp3) is 0.125. The zero-order valence-electron chi connectivity index (χ0n) is 30.8. The molecule has 2 aliphatic heterocycles. The summed E-state index contributed by atoms with van der Waals surface area (Å²) in [4.78, 5) is 27.4. The predicted molar refractivity (Wildman–Crippen MR) is 224 cm³/mol. The Morgan fingerprint density at radius 3 is 1.02 bits per heavy atom. The molecule has 6 heteroatoms. The van der Waals surface area contributed by atoms with Crippen LogP contribution in [0.5, 0.6) is 0 Å². The van der Waals surface area contributed by atoms with Crippen LogP contribution in [0, 0.1) is 0 Å². The summed E-state index contributed by atoms with van der Waals surface area (Å²) in [7, 11) is 0. The summed E-state index contributed by atoms with van der Waals surface area (Å²) in [5, 5.41) is 0. The van der Waals surface area contributed by atoms with Gasteiger partial charge in [0.2, 0.25) is 0 Å². The summed E-state index contributed by atoms with van der Waals surface area (Å²) in [6.07, 6.45) is 15.9. The lowest BCUT2D eigenvalue weighted by atomic mass is 9.98. The van der Waals surface area contributed by atoms with Gasteiger partial charge in [-0.1, -0.05) is 88.4 Å². The average molecular weight is 701 g/mol. The number of rotatable bonds is 6. The maximum absolute atomic E-state index is 5.44. The van der Waals surface area contributed by atoms with Crippen molar-refractivity contribution in [3.63, 3.8) is 0 Å². The second-order valence-electron chi connectivity index (χ2n) is 14.5. The molecule has 8 bridgehead atoms. The normalized spacial score (nSPS) is 12.3. The number of fused-ring (bicyclic) bond motifs is 8. The monoisotopic (exact) mass is 700 g/mol. The van der Waals surface area contributed by atoms with Gasteiger partial charge in [-0.25, -0.2) is 9.97 Å². The first-order valence-corrected chi connectivity index (χ1v) is 18.6. The molecule has 0 aliphatic carbocycles. The Morgan fingerprint density at radius 2 is 0.722 bits per heavy atom. The van der Waals surface area contributed by atoms with Crippen LogP contribution in [-0.4, -0.2) is 29.9 Å². The van der Waals surface area contributed by atoms with Gasteiger partial charge in [-0.2, -0.15) is 0 Å². The summed E-state index contributed by atoms with van der Waals surface area (Å²) in [5.74, 6) is 0.863. The minimum absolute atomic E-state index is 0.432. The number of nitrogens with zero attached hydrogens (tertiary/aromatic N) is 4. The topological polar surface area (TPSA) is 83.1 Å². The van der Waals surface area contributed by atoms with Crippen LogP contribution in [0.1, 0.15) is 73.4 Å². The standard InChI is InChI=1S/C48H40N6/c1-29(2)31-9-13-33(14-10-31)45-37-17-18-38(51-37)46(34-15-11-32(12-16-34)30(3)4)40-20-22-42(53-40)48(36-8-6-26-50-28-36)44-24-23-43(54-44)47(35-7-5-25-49-27-35)41-21-19-39(45)52-41/h5-30,52-53H,1-4H3. The molecule has 0 spiro atoms. The molecule has 0 fully saturated rings. The first-order valence-electron chi connectivity index (χ1n) is 18.6. The van der Waals surface area contributed by atoms with Gasteiger partial charge in [-0.15, -0.1) is 0 Å². The molecular weight excluding hydrogens is 661 g/mol. The van der Waals surface area contributed by atoms with E-state index in [1.54, 1.807) is 12.4 Å². The SMILES string of the molecule is CC(C)c1ccc(-c2c3nc(c(-c4ccc(C(C)C)cc4)c4ccc([nH]4)c(-c4cccnc4)c4nc(c(-c5cccnc5)c5ccc2[nH]5)C=C4)C=C3)cc1. The molecule has 0 unspecified atom stereocenters. The molecule has 2 N–H and O–H groups in total. The molecule has 54 heavy (non-hydrogen) atoms. The van der Waals surface area contributed by atoms with E-state index in [2.05, 4.69) is 157 Å². The van der Waals surface area contributed by atoms with Crippen molar-refractivity contribution >= 4 is 46.4 Å². The smallest absolute Gasteiger partial charge is 0.0737 e. The first-order chi connectivity index (χ1) is 26.4. The summed E-state index contributed by atoms with van der Waals surface area (Å²) in [6, 6.07) is 34.5. The lowest BCUT2D eigenvalue weighted by Crippen LogP contribution is -1.91. The highest BCUT2D eigenvalue weighted by molar-refractivity contribution is 5.99. The second kappa shape index (κ2) is 13.7. The average Bonchev–Trinajstić information content (AvgIpc) is 4.04. The van der Waals surface area contributed by atoms with Crippen LogP contribution < -0.4 is 0 Å². The van der Waals surface area contributed by atoms with Gasteiger partial charge in [0.05, 0.1) is 22.8 Å². The van der Waals surface area contributed by atoms with Crippen molar-refractivity contribution < 1.29 is 0 Å². The summed E-state index contributed by atoms with van der Waals surface area (Å²) >= 11 is 0. The quantitative estimate of drug-likeness (QED) is 0.181. The Kier molecular flexibility index (Phi) is 8.43. The molecule has 0 radical (unpaired) electrons. The summed E-state index contributed by atoms with van der Waals surface area (Å²) in [6.45, 7) is 8.91. The number of benzene rings is 2. The van der Waals surface area contributed by atoms with E-state index in [1.165, 1.54) is 11.1 Å². The summed E-state index contributed by atoms with van der Waals surface area (Å²) in [5.41, 5.74) is 18.0. The van der Waals surface area contributed by atoms with Gasteiger partial charge >= 0.3 is 0 Å². The number of aromatic amines is 2. The van der Waals surface area contributed by atoms with Crippen molar-refractivity contribution in [3.05, 3.63) is 156 Å². The van der Waals surface area contributed by atoms with Crippen LogP contribution in [0.3, 0.4) is 0 Å². The van der Waals surface area contributed by atoms with E-state index in [9.17, 15) is 0 Å². The number of aromatic nitrogens is 6. The third-order valence-corrected chi connectivity index (χ3v) is 10.4. The van der Waals surface area contributed by atoms with Gasteiger partial charge in [0.25, 0.3) is 0 Å². The second-order valence-corrected chi connectivity index (χ2v) is 14.5. The molecule has 262 valence electrons. The van der Waals surface area contributed by atoms with Crippen molar-refractivity contribution in [1.82, 2.24) is 29.9 Å². The van der Waals surface area contributed by atoms with Crippen molar-refractivity contribution in [2.75, 3.05) is 0 Å². The van der Waals surface area contributed by atoms with E-state index >= 15 is 0 Å². The molecule has 7 aromatic rings. The van der Waals surface area contributed by atoms with Gasteiger partial charge in [0.15, 0.2) is 0 Å². The zero-order chi connectivity index (χ0) is 36.8. The van der Waals surface area contributed by atoms with E-state index in [-0.39, 0.29) is 0 Å². The van der Waals surface area contributed by atoms with Gasteiger partial charge in [-0.05, 0) is 94.8 Å². The van der Waals surface area contributed by atoms with Crippen LogP contribution in [0.25, 0.3) is 90.9 Å². The molecule has 2 aliphatic rings. The maximum Gasteiger partial charge on any atom is 0.0737 e. The van der Waals surface area contributed by atoms with Crippen LogP contribution in [0.2, 0.25) is 0 Å². The molecule has 2 aromatic carbocycles. The molecule has 0 saturated carbocycles. The Balaban J connectivity index is 1.44. The number of nitrogens with one attached hydrogen (secondary N) is 2. The number of hydrogen-bond acceptors (Lipinski definition) is 4. The minimum atomic E-state index is 0.432. The van der Waals surface area contributed by atoms with Gasteiger partial charge in [0.1, 0.15) is 0 Å². The Labute approximate surface area is 315 Å². The van der Waals surface area contributed by atoms with E-state index in [1.807, 2.05) is 24.5 Å². The molecule has 9 rings (SSSR count). The molecular formula is C48H40N6. The fourth-order valence-electron chi connectivity index (χ4n) is 7.51. The van der Waals surface area contributed by atoms with Crippen molar-refractivity contribution in [2.45, 2.75) is 39.5 Å². The maximum atomic E-state index is 5.44. The van der Waals surface area contributed by atoms with Crippen LogP contribution >= 0.6 is 0 Å². The van der Waals surface area contributed by atoms with Gasteiger partial charge < -0.3 is 9.97 Å². The van der Waals surface area contributed by atoms with E-state index in [0.29, 0.717) is 11.8 Å². The zero-order valence-corrected chi connectivity index (χ0v) is 30.8. The van der Waals surface area contributed by atoms with Crippen molar-refractivity contribution in [1.29, 1.82) is 0 Å². The Morgan fingerprint density at radius 1 is 0.389 bits per heavy atom. The van der Waals surface area contributed by atoms with Gasteiger partial charge in [-0.3, -0.25) is 9.97 Å². The number of H-pyrrole nitrogens is 2. The van der Waals surface area contributed by atoms with Crippen LogP contribution in [-0.2, 0) is 0 Å². The molecule has 7 heterocycles. The van der Waals surface area contributed by atoms with Crippen LogP contribution in [0.15, 0.2) is 122 Å². The number of pyridine rings is 2. The highest BCUT2D eigenvalue weighted by Crippen LogP contribution is 2.38. The Hall–Kier alpha value is -6.66. The largest absolute Gasteiger partial charge is 0.354 e. The van der Waals surface area contributed by atoms with E-state index in [4.69, 9.17) is 9.97 Å². The van der Waals surface area contributed by atoms with E-state index < -0.39 is 0 Å². The lowest BCUT2D eigenvalue weighted by Gasteiger charge is -2.09. The summed E-state index contributed by atoms with van der Waals surface area (Å²) < 4.78 is 0. The minimum Gasteiger partial charge on any atom is -0.354 e. The van der Waals surface area contributed by atoms with Crippen molar-refractivity contribution in [3.8, 4) is 44.5 Å².